The van der Waals surface area contributed by atoms with Crippen LogP contribution in [0.2, 0.25) is 0 Å². The normalized spacial score (nSPS) is 10.2. The number of nitrogens with zero attached hydrogens (tertiary/aromatic N) is 2. The molecule has 0 atom stereocenters. The molecule has 20 heavy (non-hydrogen) atoms. The van der Waals surface area contributed by atoms with Gasteiger partial charge in [0, 0.05) is 18.9 Å². The third-order valence-corrected chi connectivity index (χ3v) is 2.83. The highest BCUT2D eigenvalue weighted by Gasteiger charge is 2.06. The first-order chi connectivity index (χ1) is 9.58. The van der Waals surface area contributed by atoms with Crippen LogP contribution < -0.4 is 15.4 Å². The van der Waals surface area contributed by atoms with Gasteiger partial charge in [-0.3, -0.25) is 9.48 Å². The van der Waals surface area contributed by atoms with Gasteiger partial charge in [-0.05, 0) is 31.2 Å². The Morgan fingerprint density at radius 1 is 1.35 bits per heavy atom. The lowest BCUT2D eigenvalue weighted by Gasteiger charge is -2.07. The van der Waals surface area contributed by atoms with E-state index >= 15 is 0 Å². The van der Waals surface area contributed by atoms with Crippen molar-refractivity contribution in [3.8, 4) is 5.75 Å². The first-order valence-corrected chi connectivity index (χ1v) is 6.26. The van der Waals surface area contributed by atoms with Crippen molar-refractivity contribution in [2.24, 2.45) is 7.05 Å². The smallest absolute Gasteiger partial charge is 0.243 e. The van der Waals surface area contributed by atoms with Gasteiger partial charge in [-0.15, -0.1) is 0 Å². The minimum absolute atomic E-state index is 0.113. The number of benzene rings is 1. The van der Waals surface area contributed by atoms with Crippen molar-refractivity contribution < 1.29 is 9.53 Å². The summed E-state index contributed by atoms with van der Waals surface area (Å²) in [6.45, 7) is 2.09. The van der Waals surface area contributed by atoms with Crippen molar-refractivity contribution in [1.29, 1.82) is 0 Å². The van der Waals surface area contributed by atoms with E-state index in [-0.39, 0.29) is 12.5 Å². The van der Waals surface area contributed by atoms with Crippen LogP contribution in [-0.4, -0.2) is 29.3 Å². The monoisotopic (exact) mass is 274 g/mol. The van der Waals surface area contributed by atoms with Crippen LogP contribution >= 0.6 is 0 Å². The molecular weight excluding hydrogens is 256 g/mol. The maximum Gasteiger partial charge on any atom is 0.243 e. The molecule has 0 unspecified atom stereocenters. The van der Waals surface area contributed by atoms with Gasteiger partial charge in [0.1, 0.15) is 5.75 Å². The Balaban J connectivity index is 1.87. The van der Waals surface area contributed by atoms with Crippen molar-refractivity contribution in [3.63, 3.8) is 0 Å². The van der Waals surface area contributed by atoms with Gasteiger partial charge in [-0.25, -0.2) is 0 Å². The van der Waals surface area contributed by atoms with E-state index in [0.29, 0.717) is 0 Å². The molecule has 0 spiro atoms. The highest BCUT2D eigenvalue weighted by atomic mass is 16.5. The van der Waals surface area contributed by atoms with Gasteiger partial charge in [-0.1, -0.05) is 0 Å². The summed E-state index contributed by atoms with van der Waals surface area (Å²) in [6.07, 6.45) is 1.84. The zero-order chi connectivity index (χ0) is 14.5. The van der Waals surface area contributed by atoms with E-state index in [2.05, 4.69) is 15.7 Å². The van der Waals surface area contributed by atoms with Gasteiger partial charge in [0.15, 0.2) is 0 Å². The second-order valence-electron chi connectivity index (χ2n) is 4.43. The van der Waals surface area contributed by atoms with Crippen LogP contribution in [0.1, 0.15) is 5.69 Å². The number of ether oxygens (including phenoxy) is 1. The first kappa shape index (κ1) is 13.9. The van der Waals surface area contributed by atoms with Gasteiger partial charge in [0.2, 0.25) is 5.91 Å². The number of hydrogen-bond acceptors (Lipinski definition) is 4. The van der Waals surface area contributed by atoms with E-state index in [4.69, 9.17) is 4.74 Å². The Kier molecular flexibility index (Phi) is 4.24. The predicted molar refractivity (Wildman–Crippen MR) is 78.1 cm³/mol. The van der Waals surface area contributed by atoms with E-state index < -0.39 is 0 Å². The van der Waals surface area contributed by atoms with E-state index in [1.54, 1.807) is 36.1 Å². The molecule has 2 rings (SSSR count). The fourth-order valence-electron chi connectivity index (χ4n) is 1.83. The summed E-state index contributed by atoms with van der Waals surface area (Å²) in [5.74, 6) is 0.644. The standard InChI is InChI=1S/C14H18N4O2/c1-10-13(9-18(2)17-10)15-8-14(19)16-11-4-6-12(20-3)7-5-11/h4-7,9,15H,8H2,1-3H3,(H,16,19). The quantitative estimate of drug-likeness (QED) is 0.872. The molecule has 106 valence electrons. The SMILES string of the molecule is COc1ccc(NC(=O)CNc2cn(C)nc2C)cc1. The van der Waals surface area contributed by atoms with E-state index in [0.717, 1.165) is 22.8 Å². The van der Waals surface area contributed by atoms with Gasteiger partial charge in [0.05, 0.1) is 25.0 Å². The molecule has 0 saturated carbocycles. The lowest BCUT2D eigenvalue weighted by atomic mass is 10.3. The molecule has 6 nitrogen and oxygen atoms in total. The summed E-state index contributed by atoms with van der Waals surface area (Å²) in [7, 11) is 3.45. The fourth-order valence-corrected chi connectivity index (χ4v) is 1.83. The minimum Gasteiger partial charge on any atom is -0.497 e. The van der Waals surface area contributed by atoms with Crippen LogP contribution in [0.25, 0.3) is 0 Å². The zero-order valence-electron chi connectivity index (χ0n) is 11.8. The van der Waals surface area contributed by atoms with Crippen LogP contribution in [0, 0.1) is 6.92 Å². The molecule has 0 aliphatic rings. The summed E-state index contributed by atoms with van der Waals surface area (Å²) in [5.41, 5.74) is 2.46. The number of rotatable bonds is 5. The van der Waals surface area contributed by atoms with Crippen molar-refractivity contribution in [3.05, 3.63) is 36.2 Å². The minimum atomic E-state index is -0.113. The van der Waals surface area contributed by atoms with Crippen LogP contribution in [0.3, 0.4) is 0 Å². The molecule has 0 saturated heterocycles. The van der Waals surface area contributed by atoms with Crippen molar-refractivity contribution in [2.75, 3.05) is 24.3 Å². The Morgan fingerprint density at radius 3 is 2.60 bits per heavy atom. The van der Waals surface area contributed by atoms with Gasteiger partial charge >= 0.3 is 0 Å². The predicted octanol–water partition coefficient (Wildman–Crippen LogP) is 1.79. The number of carbonyl (C=O) groups excluding carboxylic acids is 1. The van der Waals surface area contributed by atoms with E-state index in [9.17, 15) is 4.79 Å². The zero-order valence-corrected chi connectivity index (χ0v) is 11.8. The van der Waals surface area contributed by atoms with E-state index in [1.807, 2.05) is 20.2 Å². The molecule has 0 bridgehead atoms. The highest BCUT2D eigenvalue weighted by molar-refractivity contribution is 5.93. The van der Waals surface area contributed by atoms with Crippen molar-refractivity contribution >= 4 is 17.3 Å². The maximum absolute atomic E-state index is 11.8. The van der Waals surface area contributed by atoms with Crippen LogP contribution in [0.4, 0.5) is 11.4 Å². The third-order valence-electron chi connectivity index (χ3n) is 2.83. The topological polar surface area (TPSA) is 68.2 Å². The highest BCUT2D eigenvalue weighted by Crippen LogP contribution is 2.15. The molecule has 0 aliphatic carbocycles. The summed E-state index contributed by atoms with van der Waals surface area (Å²) < 4.78 is 6.77. The summed E-state index contributed by atoms with van der Waals surface area (Å²) in [6, 6.07) is 7.20. The van der Waals surface area contributed by atoms with Crippen molar-refractivity contribution in [1.82, 2.24) is 9.78 Å². The molecule has 0 radical (unpaired) electrons. The summed E-state index contributed by atoms with van der Waals surface area (Å²) >= 11 is 0. The largest absolute Gasteiger partial charge is 0.497 e. The van der Waals surface area contributed by atoms with Crippen LogP contribution in [0.5, 0.6) is 5.75 Å². The lowest BCUT2D eigenvalue weighted by Crippen LogP contribution is -2.21. The summed E-state index contributed by atoms with van der Waals surface area (Å²) in [4.78, 5) is 11.8. The number of aryl methyl sites for hydroxylation is 2. The second-order valence-corrected chi connectivity index (χ2v) is 4.43. The Bertz CT molecular complexity index is 590. The van der Waals surface area contributed by atoms with Gasteiger partial charge in [-0.2, -0.15) is 5.10 Å². The average molecular weight is 274 g/mol. The van der Waals surface area contributed by atoms with E-state index in [1.165, 1.54) is 0 Å². The molecule has 1 amide bonds. The van der Waals surface area contributed by atoms with Gasteiger partial charge in [0.25, 0.3) is 0 Å². The van der Waals surface area contributed by atoms with Gasteiger partial charge < -0.3 is 15.4 Å². The molecule has 0 aliphatic heterocycles. The maximum atomic E-state index is 11.8. The Morgan fingerprint density at radius 2 is 2.05 bits per heavy atom. The van der Waals surface area contributed by atoms with Crippen LogP contribution in [-0.2, 0) is 11.8 Å². The Labute approximate surface area is 117 Å². The second kappa shape index (κ2) is 6.10. The summed E-state index contributed by atoms with van der Waals surface area (Å²) in [5, 5.41) is 10.1. The number of carbonyl (C=O) groups is 1. The average Bonchev–Trinajstić information content (AvgIpc) is 2.75. The fraction of sp³-hybridized carbons (Fsp3) is 0.286. The molecule has 6 heteroatoms. The lowest BCUT2D eigenvalue weighted by molar-refractivity contribution is -0.114. The first-order valence-electron chi connectivity index (χ1n) is 6.26. The number of nitrogens with one attached hydrogen (secondary N) is 2. The molecule has 1 aromatic carbocycles. The molecule has 2 N–H and O–H groups in total. The number of amides is 1. The number of anilines is 2. The molecule has 0 fully saturated rings. The Hall–Kier alpha value is -2.50. The molecule has 2 aromatic rings. The third kappa shape index (κ3) is 3.50. The molecular formula is C14H18N4O2. The van der Waals surface area contributed by atoms with Crippen molar-refractivity contribution in [2.45, 2.75) is 6.92 Å². The number of hydrogen-bond donors (Lipinski definition) is 2. The number of methoxy groups -OCH3 is 1. The molecule has 1 aromatic heterocycles. The van der Waals surface area contributed by atoms with Crippen LogP contribution in [0.15, 0.2) is 30.5 Å². The number of aromatic nitrogens is 2. The molecule has 1 heterocycles.